The van der Waals surface area contributed by atoms with E-state index in [-0.39, 0.29) is 5.02 Å². The summed E-state index contributed by atoms with van der Waals surface area (Å²) < 4.78 is 0. The molecule has 0 fully saturated rings. The molecule has 0 spiro atoms. The Labute approximate surface area is 125 Å². The van der Waals surface area contributed by atoms with Gasteiger partial charge in [-0.05, 0) is 18.2 Å². The van der Waals surface area contributed by atoms with Crippen LogP contribution in [0.25, 0.3) is 0 Å². The van der Waals surface area contributed by atoms with Crippen LogP contribution in [0.4, 0.5) is 5.69 Å². The number of carbonyl (C=O) groups excluding carboxylic acids is 1. The van der Waals surface area contributed by atoms with Crippen molar-refractivity contribution < 1.29 is 25.2 Å². The topological polar surface area (TPSA) is 110 Å². The first-order chi connectivity index (χ1) is 9.40. The molecule has 0 radical (unpaired) electrons. The van der Waals surface area contributed by atoms with Crippen LogP contribution in [0.3, 0.4) is 0 Å². The lowest BCUT2D eigenvalue weighted by Crippen LogP contribution is -2.49. The molecule has 0 heterocycles. The van der Waals surface area contributed by atoms with Crippen molar-refractivity contribution in [1.29, 1.82) is 0 Å². The highest BCUT2D eigenvalue weighted by molar-refractivity contribution is 6.42. The number of aldehydes is 1. The number of carbonyl (C=O) groups is 1. The second kappa shape index (κ2) is 7.78. The Morgan fingerprint density at radius 2 is 1.80 bits per heavy atom. The van der Waals surface area contributed by atoms with Gasteiger partial charge in [-0.3, -0.25) is 0 Å². The van der Waals surface area contributed by atoms with Crippen molar-refractivity contribution in [2.75, 3.05) is 11.9 Å². The monoisotopic (exact) mass is 323 g/mol. The van der Waals surface area contributed by atoms with E-state index in [1.54, 1.807) is 0 Å². The van der Waals surface area contributed by atoms with Crippen LogP contribution in [0.5, 0.6) is 0 Å². The molecule has 0 unspecified atom stereocenters. The molecule has 1 aromatic rings. The van der Waals surface area contributed by atoms with Crippen LogP contribution < -0.4 is 5.32 Å². The summed E-state index contributed by atoms with van der Waals surface area (Å²) in [7, 11) is 0. The SMILES string of the molecule is O=C[C@H](Nc1ccc(Cl)c(Cl)c1)[C@@H](O)[C@H](O)[C@H](O)CO. The summed E-state index contributed by atoms with van der Waals surface area (Å²) in [4.78, 5) is 11.0. The smallest absolute Gasteiger partial charge is 0.144 e. The highest BCUT2D eigenvalue weighted by Gasteiger charge is 2.31. The maximum atomic E-state index is 11.0. The Morgan fingerprint density at radius 1 is 1.15 bits per heavy atom. The van der Waals surface area contributed by atoms with Crippen LogP contribution in [-0.4, -0.2) is 57.7 Å². The fourth-order valence-corrected chi connectivity index (χ4v) is 1.82. The molecule has 0 aliphatic carbocycles. The van der Waals surface area contributed by atoms with Crippen LogP contribution in [0.2, 0.25) is 10.0 Å². The third-order valence-electron chi connectivity index (χ3n) is 2.70. The molecule has 0 aliphatic rings. The van der Waals surface area contributed by atoms with Crippen molar-refractivity contribution in [2.45, 2.75) is 24.4 Å². The van der Waals surface area contributed by atoms with Crippen molar-refractivity contribution >= 4 is 35.2 Å². The molecule has 0 saturated carbocycles. The minimum absolute atomic E-state index is 0.256. The zero-order valence-corrected chi connectivity index (χ0v) is 11.8. The minimum Gasteiger partial charge on any atom is -0.394 e. The second-order valence-electron chi connectivity index (χ2n) is 4.17. The fourth-order valence-electron chi connectivity index (χ4n) is 1.53. The first-order valence-electron chi connectivity index (χ1n) is 5.72. The lowest BCUT2D eigenvalue weighted by molar-refractivity contribution is -0.117. The Morgan fingerprint density at radius 3 is 2.30 bits per heavy atom. The predicted octanol–water partition coefficient (Wildman–Crippen LogP) is 0.0478. The van der Waals surface area contributed by atoms with Gasteiger partial charge < -0.3 is 30.5 Å². The number of anilines is 1. The van der Waals surface area contributed by atoms with Crippen molar-refractivity contribution in [2.24, 2.45) is 0 Å². The Hall–Kier alpha value is -0.890. The van der Waals surface area contributed by atoms with Gasteiger partial charge in [0.2, 0.25) is 0 Å². The predicted molar refractivity (Wildman–Crippen MR) is 75.0 cm³/mol. The van der Waals surface area contributed by atoms with Crippen molar-refractivity contribution in [3.05, 3.63) is 28.2 Å². The van der Waals surface area contributed by atoms with Crippen LogP contribution in [0.15, 0.2) is 18.2 Å². The van der Waals surface area contributed by atoms with Crippen LogP contribution in [0, 0.1) is 0 Å². The maximum absolute atomic E-state index is 11.0. The molecule has 8 heteroatoms. The molecule has 1 aromatic carbocycles. The van der Waals surface area contributed by atoms with Gasteiger partial charge in [0.15, 0.2) is 0 Å². The number of benzene rings is 1. The van der Waals surface area contributed by atoms with Gasteiger partial charge in [0.05, 0.1) is 16.7 Å². The normalized spacial score (nSPS) is 17.1. The average Bonchev–Trinajstić information content (AvgIpc) is 2.45. The van der Waals surface area contributed by atoms with Gasteiger partial charge in [0.1, 0.15) is 30.6 Å². The van der Waals surface area contributed by atoms with Crippen LogP contribution in [0.1, 0.15) is 0 Å². The van der Waals surface area contributed by atoms with E-state index < -0.39 is 31.0 Å². The first kappa shape index (κ1) is 17.2. The summed E-state index contributed by atoms with van der Waals surface area (Å²) in [6, 6.07) is 3.29. The molecule has 112 valence electrons. The number of rotatable bonds is 7. The van der Waals surface area contributed by atoms with Gasteiger partial charge in [0.25, 0.3) is 0 Å². The quantitative estimate of drug-likeness (QED) is 0.453. The molecule has 1 rings (SSSR count). The molecule has 0 amide bonds. The first-order valence-corrected chi connectivity index (χ1v) is 6.48. The summed E-state index contributed by atoms with van der Waals surface area (Å²) in [6.07, 6.45) is -4.46. The van der Waals surface area contributed by atoms with E-state index in [9.17, 15) is 20.1 Å². The molecule has 0 bridgehead atoms. The minimum atomic E-state index is -1.68. The zero-order chi connectivity index (χ0) is 15.3. The summed E-state index contributed by atoms with van der Waals surface area (Å²) in [5.74, 6) is 0. The molecular formula is C12H15Cl2NO5. The lowest BCUT2D eigenvalue weighted by Gasteiger charge is -2.26. The largest absolute Gasteiger partial charge is 0.394 e. The Balaban J connectivity index is 2.80. The fraction of sp³-hybridized carbons (Fsp3) is 0.417. The maximum Gasteiger partial charge on any atom is 0.144 e. The summed E-state index contributed by atoms with van der Waals surface area (Å²) in [5.41, 5.74) is 0.404. The van der Waals surface area contributed by atoms with E-state index in [0.717, 1.165) is 0 Å². The second-order valence-corrected chi connectivity index (χ2v) is 4.98. The third-order valence-corrected chi connectivity index (χ3v) is 3.44. The van der Waals surface area contributed by atoms with Crippen molar-refractivity contribution in [3.63, 3.8) is 0 Å². The van der Waals surface area contributed by atoms with E-state index >= 15 is 0 Å². The summed E-state index contributed by atoms with van der Waals surface area (Å²) in [5, 5.41) is 40.5. The van der Waals surface area contributed by atoms with Crippen molar-refractivity contribution in [1.82, 2.24) is 0 Å². The number of halogens is 2. The van der Waals surface area contributed by atoms with Crippen LogP contribution >= 0.6 is 23.2 Å². The van der Waals surface area contributed by atoms with E-state index in [2.05, 4.69) is 5.32 Å². The lowest BCUT2D eigenvalue weighted by atomic mass is 10.0. The highest BCUT2D eigenvalue weighted by Crippen LogP contribution is 2.25. The van der Waals surface area contributed by atoms with E-state index in [1.807, 2.05) is 0 Å². The van der Waals surface area contributed by atoms with Crippen LogP contribution in [-0.2, 0) is 4.79 Å². The average molecular weight is 324 g/mol. The molecule has 4 atom stereocenters. The molecule has 0 saturated heterocycles. The Kier molecular flexibility index (Phi) is 6.67. The number of nitrogens with one attached hydrogen (secondary N) is 1. The van der Waals surface area contributed by atoms with Gasteiger partial charge >= 0.3 is 0 Å². The van der Waals surface area contributed by atoms with Crippen molar-refractivity contribution in [3.8, 4) is 0 Å². The van der Waals surface area contributed by atoms with Gasteiger partial charge in [0, 0.05) is 5.69 Å². The molecule has 6 nitrogen and oxygen atoms in total. The van der Waals surface area contributed by atoms with E-state index in [0.29, 0.717) is 17.0 Å². The number of aliphatic hydroxyl groups excluding tert-OH is 4. The molecule has 5 N–H and O–H groups in total. The number of aliphatic hydroxyl groups is 4. The van der Waals surface area contributed by atoms with Gasteiger partial charge in [-0.1, -0.05) is 23.2 Å². The zero-order valence-electron chi connectivity index (χ0n) is 10.3. The standard InChI is InChI=1S/C12H15Cl2NO5/c13-7-2-1-6(3-8(7)14)15-9(4-16)11(19)12(20)10(18)5-17/h1-4,9-12,15,17-20H,5H2/t9-,10+,11+,12+/m0/s1. The molecular weight excluding hydrogens is 309 g/mol. The number of hydrogen-bond acceptors (Lipinski definition) is 6. The van der Waals surface area contributed by atoms with Gasteiger partial charge in [-0.15, -0.1) is 0 Å². The third kappa shape index (κ3) is 4.31. The van der Waals surface area contributed by atoms with E-state index in [4.69, 9.17) is 28.3 Å². The van der Waals surface area contributed by atoms with Gasteiger partial charge in [-0.25, -0.2) is 0 Å². The van der Waals surface area contributed by atoms with Gasteiger partial charge in [-0.2, -0.15) is 0 Å². The molecule has 0 aromatic heterocycles. The molecule has 20 heavy (non-hydrogen) atoms. The molecule has 0 aliphatic heterocycles. The Bertz CT molecular complexity index is 459. The summed E-state index contributed by atoms with van der Waals surface area (Å²) in [6.45, 7) is -0.740. The highest BCUT2D eigenvalue weighted by atomic mass is 35.5. The van der Waals surface area contributed by atoms with E-state index in [1.165, 1.54) is 18.2 Å². The number of hydrogen-bond donors (Lipinski definition) is 5. The summed E-state index contributed by atoms with van der Waals surface area (Å²) >= 11 is 11.6.